The number of likely N-dealkylation sites (tertiary alicyclic amines) is 1. The first-order valence-corrected chi connectivity index (χ1v) is 7.79. The summed E-state index contributed by atoms with van der Waals surface area (Å²) in [6, 6.07) is 4.59. The second kappa shape index (κ2) is 6.54. The second-order valence-electron chi connectivity index (χ2n) is 5.85. The van der Waals surface area contributed by atoms with Gasteiger partial charge in [-0.15, -0.1) is 0 Å². The van der Waals surface area contributed by atoms with E-state index < -0.39 is 0 Å². The van der Waals surface area contributed by atoms with Crippen LogP contribution in [0.5, 0.6) is 0 Å². The van der Waals surface area contributed by atoms with Gasteiger partial charge in [0.05, 0.1) is 6.61 Å². The summed E-state index contributed by atoms with van der Waals surface area (Å²) in [6.45, 7) is 2.70. The molecule has 1 fully saturated rings. The van der Waals surface area contributed by atoms with Crippen LogP contribution in [0.3, 0.4) is 0 Å². The van der Waals surface area contributed by atoms with Crippen molar-refractivity contribution in [1.82, 2.24) is 19.4 Å². The zero-order chi connectivity index (χ0) is 14.7. The van der Waals surface area contributed by atoms with Gasteiger partial charge in [0.25, 0.3) is 0 Å². The number of hydrogen-bond acceptors (Lipinski definition) is 4. The maximum atomic E-state index is 5.24. The van der Waals surface area contributed by atoms with Gasteiger partial charge in [-0.1, -0.05) is 6.42 Å². The number of fused-ring (bicyclic) bond motifs is 1. The van der Waals surface area contributed by atoms with Crippen LogP contribution in [-0.4, -0.2) is 52.8 Å². The van der Waals surface area contributed by atoms with Crippen LogP contribution in [-0.2, 0) is 17.7 Å². The van der Waals surface area contributed by atoms with Gasteiger partial charge in [0, 0.05) is 32.3 Å². The SMILES string of the molecule is COCCn1c(CC2CCCCN2C)nc2cccnc21. The van der Waals surface area contributed by atoms with Crippen LogP contribution >= 0.6 is 0 Å². The standard InChI is InChI=1S/C16H24N4O/c1-19-9-4-3-6-13(19)12-15-18-14-7-5-8-17-16(14)20(15)10-11-21-2/h5,7-8,13H,3-4,6,9-12H2,1-2H3. The fraction of sp³-hybridized carbons (Fsp3) is 0.625. The molecule has 0 saturated carbocycles. The molecule has 0 amide bonds. The fourth-order valence-corrected chi connectivity index (χ4v) is 3.19. The van der Waals surface area contributed by atoms with Gasteiger partial charge in [-0.25, -0.2) is 9.97 Å². The zero-order valence-electron chi connectivity index (χ0n) is 13.0. The van der Waals surface area contributed by atoms with Gasteiger partial charge in [-0.2, -0.15) is 0 Å². The Labute approximate surface area is 125 Å². The van der Waals surface area contributed by atoms with Crippen molar-refractivity contribution in [3.8, 4) is 0 Å². The average molecular weight is 288 g/mol. The minimum absolute atomic E-state index is 0.594. The minimum atomic E-state index is 0.594. The normalized spacial score (nSPS) is 20.2. The Morgan fingerprint density at radius 1 is 1.38 bits per heavy atom. The first-order valence-electron chi connectivity index (χ1n) is 7.79. The lowest BCUT2D eigenvalue weighted by Crippen LogP contribution is -2.38. The molecule has 0 bridgehead atoms. The number of aromatic nitrogens is 3. The Bertz CT molecular complexity index is 595. The van der Waals surface area contributed by atoms with E-state index in [1.807, 2.05) is 18.3 Å². The number of likely N-dealkylation sites (N-methyl/N-ethyl adjacent to an activating group) is 1. The van der Waals surface area contributed by atoms with Crippen LogP contribution in [0.4, 0.5) is 0 Å². The lowest BCUT2D eigenvalue weighted by atomic mass is 10.00. The molecular formula is C16H24N4O. The maximum absolute atomic E-state index is 5.24. The van der Waals surface area contributed by atoms with Gasteiger partial charge in [-0.05, 0) is 38.6 Å². The third-order valence-corrected chi connectivity index (χ3v) is 4.44. The van der Waals surface area contributed by atoms with Crippen LogP contribution in [0, 0.1) is 0 Å². The van der Waals surface area contributed by atoms with E-state index >= 15 is 0 Å². The van der Waals surface area contributed by atoms with Crippen molar-refractivity contribution in [2.75, 3.05) is 27.3 Å². The maximum Gasteiger partial charge on any atom is 0.160 e. The molecule has 0 aromatic carbocycles. The van der Waals surface area contributed by atoms with Gasteiger partial charge in [0.2, 0.25) is 0 Å². The first kappa shape index (κ1) is 14.5. The van der Waals surface area contributed by atoms with Crippen molar-refractivity contribution >= 4 is 11.2 Å². The monoisotopic (exact) mass is 288 g/mol. The zero-order valence-corrected chi connectivity index (χ0v) is 13.0. The molecule has 21 heavy (non-hydrogen) atoms. The predicted molar refractivity (Wildman–Crippen MR) is 83.4 cm³/mol. The largest absolute Gasteiger partial charge is 0.383 e. The topological polar surface area (TPSA) is 43.2 Å². The number of nitrogens with zero attached hydrogens (tertiary/aromatic N) is 4. The van der Waals surface area contributed by atoms with Gasteiger partial charge in [0.15, 0.2) is 5.65 Å². The molecule has 0 N–H and O–H groups in total. The molecule has 5 heteroatoms. The minimum Gasteiger partial charge on any atom is -0.383 e. The van der Waals surface area contributed by atoms with E-state index in [-0.39, 0.29) is 0 Å². The van der Waals surface area contributed by atoms with Crippen LogP contribution < -0.4 is 0 Å². The summed E-state index contributed by atoms with van der Waals surface area (Å²) >= 11 is 0. The molecule has 2 aromatic heterocycles. The van der Waals surface area contributed by atoms with E-state index in [0.717, 1.165) is 30.0 Å². The smallest absolute Gasteiger partial charge is 0.160 e. The average Bonchev–Trinajstić information content (AvgIpc) is 2.85. The highest BCUT2D eigenvalue weighted by atomic mass is 16.5. The summed E-state index contributed by atoms with van der Waals surface area (Å²) in [6.07, 6.45) is 6.73. The van der Waals surface area contributed by atoms with Crippen LogP contribution in [0.2, 0.25) is 0 Å². The molecule has 1 saturated heterocycles. The van der Waals surface area contributed by atoms with Gasteiger partial charge in [0.1, 0.15) is 11.3 Å². The molecule has 0 spiro atoms. The number of ether oxygens (including phenoxy) is 1. The summed E-state index contributed by atoms with van der Waals surface area (Å²) in [5.74, 6) is 1.14. The first-order chi connectivity index (χ1) is 10.3. The number of pyridine rings is 1. The highest BCUT2D eigenvalue weighted by Crippen LogP contribution is 2.21. The molecule has 3 rings (SSSR count). The van der Waals surface area contributed by atoms with Crippen molar-refractivity contribution in [2.45, 2.75) is 38.3 Å². The Balaban J connectivity index is 1.88. The molecule has 0 aliphatic carbocycles. The Morgan fingerprint density at radius 2 is 2.29 bits per heavy atom. The second-order valence-corrected chi connectivity index (χ2v) is 5.85. The summed E-state index contributed by atoms with van der Waals surface area (Å²) in [7, 11) is 3.96. The molecule has 1 atom stereocenters. The molecule has 3 heterocycles. The van der Waals surface area contributed by atoms with E-state index in [4.69, 9.17) is 9.72 Å². The summed E-state index contributed by atoms with van der Waals surface area (Å²) < 4.78 is 7.47. The molecule has 1 aliphatic heterocycles. The summed E-state index contributed by atoms with van der Waals surface area (Å²) in [5, 5.41) is 0. The van der Waals surface area contributed by atoms with Gasteiger partial charge >= 0.3 is 0 Å². The quantitative estimate of drug-likeness (QED) is 0.845. The third-order valence-electron chi connectivity index (χ3n) is 4.44. The van der Waals surface area contributed by atoms with Crippen molar-refractivity contribution in [3.63, 3.8) is 0 Å². The number of imidazole rings is 1. The van der Waals surface area contributed by atoms with Crippen LogP contribution in [0.15, 0.2) is 18.3 Å². The lowest BCUT2D eigenvalue weighted by Gasteiger charge is -2.32. The number of hydrogen-bond donors (Lipinski definition) is 0. The predicted octanol–water partition coefficient (Wildman–Crippen LogP) is 2.10. The van der Waals surface area contributed by atoms with Crippen molar-refractivity contribution in [1.29, 1.82) is 0 Å². The van der Waals surface area contributed by atoms with E-state index in [2.05, 4.69) is 21.5 Å². The number of methoxy groups -OCH3 is 1. The molecular weight excluding hydrogens is 264 g/mol. The van der Waals surface area contributed by atoms with E-state index in [9.17, 15) is 0 Å². The van der Waals surface area contributed by atoms with Gasteiger partial charge < -0.3 is 14.2 Å². The van der Waals surface area contributed by atoms with Crippen molar-refractivity contribution < 1.29 is 4.74 Å². The fourth-order valence-electron chi connectivity index (χ4n) is 3.19. The number of rotatable bonds is 5. The van der Waals surface area contributed by atoms with E-state index in [1.165, 1.54) is 25.8 Å². The Morgan fingerprint density at radius 3 is 3.10 bits per heavy atom. The molecule has 2 aromatic rings. The molecule has 5 nitrogen and oxygen atoms in total. The van der Waals surface area contributed by atoms with Crippen LogP contribution in [0.1, 0.15) is 25.1 Å². The van der Waals surface area contributed by atoms with E-state index in [1.54, 1.807) is 7.11 Å². The van der Waals surface area contributed by atoms with Crippen LogP contribution in [0.25, 0.3) is 11.2 Å². The van der Waals surface area contributed by atoms with Gasteiger partial charge in [-0.3, -0.25) is 0 Å². The number of piperidine rings is 1. The Kier molecular flexibility index (Phi) is 4.51. The highest BCUT2D eigenvalue weighted by Gasteiger charge is 2.22. The Hall–Kier alpha value is -1.46. The van der Waals surface area contributed by atoms with E-state index in [0.29, 0.717) is 12.6 Å². The van der Waals surface area contributed by atoms with Crippen molar-refractivity contribution in [2.24, 2.45) is 0 Å². The third kappa shape index (κ3) is 3.09. The molecule has 1 unspecified atom stereocenters. The molecule has 114 valence electrons. The molecule has 1 aliphatic rings. The molecule has 0 radical (unpaired) electrons. The summed E-state index contributed by atoms with van der Waals surface area (Å²) in [4.78, 5) is 11.8. The lowest BCUT2D eigenvalue weighted by molar-refractivity contribution is 0.175. The summed E-state index contributed by atoms with van der Waals surface area (Å²) in [5.41, 5.74) is 1.96. The van der Waals surface area contributed by atoms with Crippen molar-refractivity contribution in [3.05, 3.63) is 24.2 Å². The highest BCUT2D eigenvalue weighted by molar-refractivity contribution is 5.71.